The SMILES string of the molecule is CCN(c1ccc(C(=O)N2CCC(N)C(C)(C)C2)cc1)C(C)C. The highest BCUT2D eigenvalue weighted by molar-refractivity contribution is 5.94. The second kappa shape index (κ2) is 6.91. The van der Waals surface area contributed by atoms with Gasteiger partial charge in [0, 0.05) is 43.0 Å². The molecule has 1 unspecified atom stereocenters. The molecule has 1 aromatic rings. The Balaban J connectivity index is 2.12. The molecule has 0 spiro atoms. The summed E-state index contributed by atoms with van der Waals surface area (Å²) in [5.41, 5.74) is 8.07. The predicted octanol–water partition coefficient (Wildman–Crippen LogP) is 3.12. The summed E-state index contributed by atoms with van der Waals surface area (Å²) in [5.74, 6) is 0.115. The fraction of sp³-hybridized carbons (Fsp3) is 0.632. The maximum Gasteiger partial charge on any atom is 0.253 e. The maximum atomic E-state index is 12.8. The van der Waals surface area contributed by atoms with Crippen molar-refractivity contribution in [2.45, 2.75) is 53.1 Å². The number of nitrogens with zero attached hydrogens (tertiary/aromatic N) is 2. The second-order valence-electron chi connectivity index (χ2n) is 7.54. The first kappa shape index (κ1) is 17.8. The molecule has 0 radical (unpaired) electrons. The van der Waals surface area contributed by atoms with E-state index in [1.807, 2.05) is 17.0 Å². The Labute approximate surface area is 140 Å². The summed E-state index contributed by atoms with van der Waals surface area (Å²) in [5, 5.41) is 0. The van der Waals surface area contributed by atoms with E-state index in [1.54, 1.807) is 0 Å². The molecule has 1 atom stereocenters. The van der Waals surface area contributed by atoms with Crippen molar-refractivity contribution in [3.8, 4) is 0 Å². The normalized spacial score (nSPS) is 20.7. The van der Waals surface area contributed by atoms with Gasteiger partial charge in [-0.15, -0.1) is 0 Å². The third kappa shape index (κ3) is 3.86. The van der Waals surface area contributed by atoms with Crippen LogP contribution in [0.3, 0.4) is 0 Å². The monoisotopic (exact) mass is 317 g/mol. The van der Waals surface area contributed by atoms with E-state index in [4.69, 9.17) is 5.73 Å². The maximum absolute atomic E-state index is 12.8. The van der Waals surface area contributed by atoms with E-state index in [1.165, 1.54) is 5.69 Å². The van der Waals surface area contributed by atoms with Crippen LogP contribution in [0.2, 0.25) is 0 Å². The van der Waals surface area contributed by atoms with Gasteiger partial charge in [0.15, 0.2) is 0 Å². The van der Waals surface area contributed by atoms with Gasteiger partial charge in [-0.1, -0.05) is 13.8 Å². The summed E-state index contributed by atoms with van der Waals surface area (Å²) in [7, 11) is 0. The summed E-state index contributed by atoms with van der Waals surface area (Å²) in [6, 6.07) is 8.62. The zero-order chi connectivity index (χ0) is 17.2. The molecule has 1 heterocycles. The molecule has 0 saturated carbocycles. The molecular formula is C19H31N3O. The highest BCUT2D eigenvalue weighted by Gasteiger charge is 2.35. The predicted molar refractivity (Wildman–Crippen MR) is 96.9 cm³/mol. The summed E-state index contributed by atoms with van der Waals surface area (Å²) in [4.78, 5) is 17.0. The molecule has 0 bridgehead atoms. The van der Waals surface area contributed by atoms with Crippen molar-refractivity contribution in [1.82, 2.24) is 4.90 Å². The van der Waals surface area contributed by atoms with Gasteiger partial charge in [0.05, 0.1) is 0 Å². The molecule has 2 rings (SSSR count). The number of piperidine rings is 1. The average Bonchev–Trinajstić information content (AvgIpc) is 2.50. The summed E-state index contributed by atoms with van der Waals surface area (Å²) >= 11 is 0. The van der Waals surface area contributed by atoms with Gasteiger partial charge in [-0.2, -0.15) is 0 Å². The lowest BCUT2D eigenvalue weighted by Gasteiger charge is -2.42. The fourth-order valence-electron chi connectivity index (χ4n) is 3.37. The molecule has 0 aromatic heterocycles. The van der Waals surface area contributed by atoms with Gasteiger partial charge in [-0.05, 0) is 56.9 Å². The zero-order valence-corrected chi connectivity index (χ0v) is 15.2. The first-order valence-corrected chi connectivity index (χ1v) is 8.68. The molecule has 23 heavy (non-hydrogen) atoms. The van der Waals surface area contributed by atoms with Crippen LogP contribution in [0.5, 0.6) is 0 Å². The number of carbonyl (C=O) groups is 1. The number of carbonyl (C=O) groups excluding carboxylic acids is 1. The molecule has 4 heteroatoms. The van der Waals surface area contributed by atoms with Crippen molar-refractivity contribution in [1.29, 1.82) is 0 Å². The smallest absolute Gasteiger partial charge is 0.253 e. The molecule has 1 aromatic carbocycles. The molecular weight excluding hydrogens is 286 g/mol. The second-order valence-corrected chi connectivity index (χ2v) is 7.54. The lowest BCUT2D eigenvalue weighted by atomic mass is 9.79. The van der Waals surface area contributed by atoms with Crippen LogP contribution in [0.4, 0.5) is 5.69 Å². The molecule has 128 valence electrons. The largest absolute Gasteiger partial charge is 0.369 e. The molecule has 2 N–H and O–H groups in total. The average molecular weight is 317 g/mol. The summed E-state index contributed by atoms with van der Waals surface area (Å²) < 4.78 is 0. The van der Waals surface area contributed by atoms with E-state index in [0.717, 1.165) is 31.6 Å². The number of likely N-dealkylation sites (tertiary alicyclic amines) is 1. The van der Waals surface area contributed by atoms with E-state index < -0.39 is 0 Å². The number of nitrogens with two attached hydrogens (primary N) is 1. The van der Waals surface area contributed by atoms with Gasteiger partial charge in [0.1, 0.15) is 0 Å². The van der Waals surface area contributed by atoms with Crippen LogP contribution in [0, 0.1) is 5.41 Å². The fourth-order valence-corrected chi connectivity index (χ4v) is 3.37. The van der Waals surface area contributed by atoms with Crippen LogP contribution in [0.1, 0.15) is 51.4 Å². The van der Waals surface area contributed by atoms with Crippen LogP contribution < -0.4 is 10.6 Å². The first-order chi connectivity index (χ1) is 10.8. The third-order valence-electron chi connectivity index (χ3n) is 5.01. The minimum absolute atomic E-state index is 0.0233. The molecule has 1 saturated heterocycles. The third-order valence-corrected chi connectivity index (χ3v) is 5.01. The van der Waals surface area contributed by atoms with E-state index >= 15 is 0 Å². The van der Waals surface area contributed by atoms with Crippen LogP contribution in [0.15, 0.2) is 24.3 Å². The van der Waals surface area contributed by atoms with Crippen LogP contribution in [0.25, 0.3) is 0 Å². The lowest BCUT2D eigenvalue weighted by Crippen LogP contribution is -2.54. The van der Waals surface area contributed by atoms with Crippen molar-refractivity contribution in [3.05, 3.63) is 29.8 Å². The van der Waals surface area contributed by atoms with Crippen molar-refractivity contribution in [3.63, 3.8) is 0 Å². The standard InChI is InChI=1S/C19H31N3O/c1-6-22(14(2)3)16-9-7-15(8-10-16)18(23)21-12-11-17(20)19(4,5)13-21/h7-10,14,17H,6,11-13,20H2,1-5H3. The van der Waals surface area contributed by atoms with Gasteiger partial charge in [0.2, 0.25) is 0 Å². The Kier molecular flexibility index (Phi) is 5.35. The summed E-state index contributed by atoms with van der Waals surface area (Å²) in [6.45, 7) is 13.2. The minimum Gasteiger partial charge on any atom is -0.369 e. The van der Waals surface area contributed by atoms with Crippen LogP contribution in [-0.2, 0) is 0 Å². The number of rotatable bonds is 4. The number of hydrogen-bond donors (Lipinski definition) is 1. The Morgan fingerprint density at radius 1 is 1.35 bits per heavy atom. The van der Waals surface area contributed by atoms with Crippen molar-refractivity contribution < 1.29 is 4.79 Å². The van der Waals surface area contributed by atoms with Crippen molar-refractivity contribution >= 4 is 11.6 Å². The van der Waals surface area contributed by atoms with Crippen molar-refractivity contribution in [2.75, 3.05) is 24.5 Å². The van der Waals surface area contributed by atoms with Gasteiger partial charge in [-0.25, -0.2) is 0 Å². The Bertz CT molecular complexity index is 536. The van der Waals surface area contributed by atoms with E-state index in [2.05, 4.69) is 51.7 Å². The van der Waals surface area contributed by atoms with Crippen LogP contribution in [-0.4, -0.2) is 42.5 Å². The quantitative estimate of drug-likeness (QED) is 0.928. The highest BCUT2D eigenvalue weighted by Crippen LogP contribution is 2.29. The highest BCUT2D eigenvalue weighted by atomic mass is 16.2. The molecule has 1 fully saturated rings. The van der Waals surface area contributed by atoms with Gasteiger partial charge >= 0.3 is 0 Å². The van der Waals surface area contributed by atoms with E-state index in [-0.39, 0.29) is 17.4 Å². The number of anilines is 1. The molecule has 1 aliphatic rings. The molecule has 0 aliphatic carbocycles. The number of benzene rings is 1. The first-order valence-electron chi connectivity index (χ1n) is 8.68. The Morgan fingerprint density at radius 3 is 2.43 bits per heavy atom. The lowest BCUT2D eigenvalue weighted by molar-refractivity contribution is 0.0533. The van der Waals surface area contributed by atoms with E-state index in [0.29, 0.717) is 6.04 Å². The topological polar surface area (TPSA) is 49.6 Å². The number of amides is 1. The zero-order valence-electron chi connectivity index (χ0n) is 15.2. The van der Waals surface area contributed by atoms with Crippen LogP contribution >= 0.6 is 0 Å². The van der Waals surface area contributed by atoms with E-state index in [9.17, 15) is 4.79 Å². The van der Waals surface area contributed by atoms with Crippen molar-refractivity contribution in [2.24, 2.45) is 11.1 Å². The van der Waals surface area contributed by atoms with Gasteiger partial charge in [-0.3, -0.25) is 4.79 Å². The number of hydrogen-bond acceptors (Lipinski definition) is 3. The molecule has 1 amide bonds. The summed E-state index contributed by atoms with van der Waals surface area (Å²) in [6.07, 6.45) is 0.869. The Morgan fingerprint density at radius 2 is 1.96 bits per heavy atom. The Hall–Kier alpha value is -1.55. The minimum atomic E-state index is -0.0233. The van der Waals surface area contributed by atoms with Gasteiger partial charge in [0.25, 0.3) is 5.91 Å². The molecule has 1 aliphatic heterocycles. The molecule has 4 nitrogen and oxygen atoms in total. The van der Waals surface area contributed by atoms with Gasteiger partial charge < -0.3 is 15.5 Å².